The average Bonchev–Trinajstić information content (AvgIpc) is 2.99. The molecule has 2 heterocycles. The Bertz CT molecular complexity index is 654. The molecule has 0 spiro atoms. The molecule has 20 heavy (non-hydrogen) atoms. The molecule has 1 aromatic carbocycles. The largest absolute Gasteiger partial charge is 0.375 e. The van der Waals surface area contributed by atoms with Crippen LogP contribution in [0.2, 0.25) is 0 Å². The van der Waals surface area contributed by atoms with Crippen molar-refractivity contribution in [1.29, 1.82) is 0 Å². The zero-order valence-corrected chi connectivity index (χ0v) is 12.8. The molecule has 0 fully saturated rings. The number of hydrogen-bond donors (Lipinski definition) is 1. The van der Waals surface area contributed by atoms with Crippen molar-refractivity contribution in [2.24, 2.45) is 0 Å². The molecule has 1 amide bonds. The summed E-state index contributed by atoms with van der Waals surface area (Å²) >= 11 is 2.97. The first-order valence-electron chi connectivity index (χ1n) is 6.39. The summed E-state index contributed by atoms with van der Waals surface area (Å²) in [6.07, 6.45) is 0.944. The van der Waals surface area contributed by atoms with Crippen molar-refractivity contribution in [3.05, 3.63) is 35.5 Å². The van der Waals surface area contributed by atoms with E-state index in [4.69, 9.17) is 5.73 Å². The second-order valence-corrected chi connectivity index (χ2v) is 6.91. The second kappa shape index (κ2) is 5.46. The number of carbonyl (C=O) groups is 1. The van der Waals surface area contributed by atoms with Gasteiger partial charge in [-0.1, -0.05) is 29.5 Å². The molecule has 0 saturated carbocycles. The van der Waals surface area contributed by atoms with Crippen molar-refractivity contribution in [3.63, 3.8) is 0 Å². The summed E-state index contributed by atoms with van der Waals surface area (Å²) < 4.78 is 1.03. The van der Waals surface area contributed by atoms with Gasteiger partial charge in [0.15, 0.2) is 5.13 Å². The fourth-order valence-corrected chi connectivity index (χ4v) is 4.24. The molecule has 1 aliphatic heterocycles. The molecular weight excluding hydrogens is 290 g/mol. The summed E-state index contributed by atoms with van der Waals surface area (Å²) in [7, 11) is 0. The van der Waals surface area contributed by atoms with Crippen LogP contribution >= 0.6 is 23.1 Å². The van der Waals surface area contributed by atoms with Crippen molar-refractivity contribution in [2.45, 2.75) is 17.6 Å². The number of carbonyl (C=O) groups excluding carboxylic acids is 1. The molecule has 4 nitrogen and oxygen atoms in total. The molecule has 0 saturated heterocycles. The topological polar surface area (TPSA) is 59.2 Å². The molecule has 104 valence electrons. The zero-order chi connectivity index (χ0) is 14.1. The minimum atomic E-state index is 0.145. The number of fused-ring (bicyclic) bond motifs is 1. The third-order valence-electron chi connectivity index (χ3n) is 3.29. The highest BCUT2D eigenvalue weighted by Gasteiger charge is 2.24. The number of aromatic nitrogens is 1. The molecule has 0 radical (unpaired) electrons. The van der Waals surface area contributed by atoms with Crippen LogP contribution in [-0.2, 0) is 11.2 Å². The Morgan fingerprint density at radius 1 is 1.50 bits per heavy atom. The van der Waals surface area contributed by atoms with Crippen LogP contribution in [0.15, 0.2) is 28.5 Å². The summed E-state index contributed by atoms with van der Waals surface area (Å²) in [6, 6.07) is 8.10. The van der Waals surface area contributed by atoms with E-state index in [1.807, 2.05) is 30.0 Å². The number of hydrogen-bond acceptors (Lipinski definition) is 5. The lowest BCUT2D eigenvalue weighted by molar-refractivity contribution is -0.116. The number of aryl methyl sites for hydroxylation is 1. The van der Waals surface area contributed by atoms with Gasteiger partial charge in [0.2, 0.25) is 5.91 Å². The molecule has 1 aliphatic rings. The highest BCUT2D eigenvalue weighted by molar-refractivity contribution is 8.01. The molecule has 0 aliphatic carbocycles. The van der Waals surface area contributed by atoms with Crippen LogP contribution in [-0.4, -0.2) is 23.2 Å². The number of nitrogens with zero attached hydrogens (tertiary/aromatic N) is 2. The predicted octanol–water partition coefficient (Wildman–Crippen LogP) is 2.72. The first-order chi connectivity index (χ1) is 9.65. The summed E-state index contributed by atoms with van der Waals surface area (Å²) in [5.41, 5.74) is 8.89. The van der Waals surface area contributed by atoms with Gasteiger partial charge in [-0.15, -0.1) is 11.8 Å². The van der Waals surface area contributed by atoms with E-state index in [9.17, 15) is 4.79 Å². The van der Waals surface area contributed by atoms with Gasteiger partial charge in [0.1, 0.15) is 0 Å². The average molecular weight is 305 g/mol. The van der Waals surface area contributed by atoms with Crippen LogP contribution in [0.25, 0.3) is 0 Å². The molecule has 6 heteroatoms. The number of nitrogen functional groups attached to an aromatic ring is 1. The van der Waals surface area contributed by atoms with Gasteiger partial charge in [-0.2, -0.15) is 0 Å². The molecule has 2 aromatic rings. The van der Waals surface area contributed by atoms with Crippen LogP contribution in [0.3, 0.4) is 0 Å². The van der Waals surface area contributed by atoms with E-state index in [2.05, 4.69) is 11.1 Å². The fraction of sp³-hybridized carbons (Fsp3) is 0.286. The Balaban J connectivity index is 1.68. The number of rotatable bonds is 3. The number of thioether (sulfide) groups is 1. The quantitative estimate of drug-likeness (QED) is 0.886. The molecule has 3 rings (SSSR count). The standard InChI is InChI=1S/C14H15N3OS2/c1-9-13(20-14(15)16-9)19-8-12(18)17-7-6-10-4-2-3-5-11(10)17/h2-5H,6-8H2,1H3,(H2,15,16). The minimum Gasteiger partial charge on any atom is -0.375 e. The summed E-state index contributed by atoms with van der Waals surface area (Å²) in [6.45, 7) is 2.70. The first kappa shape index (κ1) is 13.5. The number of para-hydroxylation sites is 1. The van der Waals surface area contributed by atoms with Crippen molar-refractivity contribution >= 4 is 39.8 Å². The van der Waals surface area contributed by atoms with E-state index in [0.717, 1.165) is 28.6 Å². The molecular formula is C14H15N3OS2. The van der Waals surface area contributed by atoms with Gasteiger partial charge in [-0.05, 0) is 25.0 Å². The van der Waals surface area contributed by atoms with Crippen molar-refractivity contribution in [3.8, 4) is 0 Å². The molecule has 1 aromatic heterocycles. The number of benzene rings is 1. The zero-order valence-electron chi connectivity index (χ0n) is 11.1. The summed E-state index contributed by atoms with van der Waals surface area (Å²) in [5, 5.41) is 0.559. The minimum absolute atomic E-state index is 0.145. The smallest absolute Gasteiger partial charge is 0.237 e. The highest BCUT2D eigenvalue weighted by atomic mass is 32.2. The third-order valence-corrected chi connectivity index (χ3v) is 5.62. The lowest BCUT2D eigenvalue weighted by atomic mass is 10.2. The van der Waals surface area contributed by atoms with E-state index in [0.29, 0.717) is 10.9 Å². The monoisotopic (exact) mass is 305 g/mol. The Hall–Kier alpha value is -1.53. The van der Waals surface area contributed by atoms with Gasteiger partial charge in [0.05, 0.1) is 15.7 Å². The summed E-state index contributed by atoms with van der Waals surface area (Å²) in [4.78, 5) is 18.4. The lowest BCUT2D eigenvalue weighted by Gasteiger charge is -2.16. The maximum Gasteiger partial charge on any atom is 0.237 e. The lowest BCUT2D eigenvalue weighted by Crippen LogP contribution is -2.30. The number of thiazole rings is 1. The van der Waals surface area contributed by atoms with Crippen LogP contribution in [0.1, 0.15) is 11.3 Å². The van der Waals surface area contributed by atoms with Gasteiger partial charge in [-0.3, -0.25) is 4.79 Å². The molecule has 0 atom stereocenters. The fourth-order valence-electron chi connectivity index (χ4n) is 2.34. The van der Waals surface area contributed by atoms with Gasteiger partial charge >= 0.3 is 0 Å². The van der Waals surface area contributed by atoms with E-state index < -0.39 is 0 Å². The normalized spacial score (nSPS) is 13.6. The SMILES string of the molecule is Cc1nc(N)sc1SCC(=O)N1CCc2ccccc21. The van der Waals surface area contributed by atoms with E-state index in [1.54, 1.807) is 0 Å². The molecule has 0 bridgehead atoms. The van der Waals surface area contributed by atoms with Crippen LogP contribution in [0, 0.1) is 6.92 Å². The Morgan fingerprint density at radius 2 is 2.30 bits per heavy atom. The number of amides is 1. The van der Waals surface area contributed by atoms with Gasteiger partial charge in [0, 0.05) is 12.2 Å². The van der Waals surface area contributed by atoms with Gasteiger partial charge in [0.25, 0.3) is 0 Å². The Morgan fingerprint density at radius 3 is 3.05 bits per heavy atom. The first-order valence-corrected chi connectivity index (χ1v) is 8.19. The Labute approximate surface area is 126 Å². The summed E-state index contributed by atoms with van der Waals surface area (Å²) in [5.74, 6) is 0.572. The van der Waals surface area contributed by atoms with E-state index >= 15 is 0 Å². The van der Waals surface area contributed by atoms with Gasteiger partial charge in [-0.25, -0.2) is 4.98 Å². The maximum absolute atomic E-state index is 12.4. The molecule has 2 N–H and O–H groups in total. The van der Waals surface area contributed by atoms with Crippen LogP contribution in [0.5, 0.6) is 0 Å². The highest BCUT2D eigenvalue weighted by Crippen LogP contribution is 2.32. The van der Waals surface area contributed by atoms with Crippen LogP contribution < -0.4 is 10.6 Å². The van der Waals surface area contributed by atoms with Crippen molar-refractivity contribution in [1.82, 2.24) is 4.98 Å². The number of anilines is 2. The van der Waals surface area contributed by atoms with Gasteiger partial charge < -0.3 is 10.6 Å². The maximum atomic E-state index is 12.4. The van der Waals surface area contributed by atoms with E-state index in [-0.39, 0.29) is 5.91 Å². The predicted molar refractivity (Wildman–Crippen MR) is 84.5 cm³/mol. The molecule has 0 unspecified atom stereocenters. The second-order valence-electron chi connectivity index (χ2n) is 4.64. The van der Waals surface area contributed by atoms with Crippen molar-refractivity contribution < 1.29 is 4.79 Å². The Kier molecular flexibility index (Phi) is 3.67. The number of nitrogens with two attached hydrogens (primary N) is 1. The van der Waals surface area contributed by atoms with Crippen LogP contribution in [0.4, 0.5) is 10.8 Å². The third kappa shape index (κ3) is 2.53. The van der Waals surface area contributed by atoms with Crippen molar-refractivity contribution in [2.75, 3.05) is 22.9 Å². The van der Waals surface area contributed by atoms with E-state index in [1.165, 1.54) is 28.7 Å².